The average molecular weight is 207 g/mol. The molecule has 6 heteroatoms. The minimum atomic E-state index is -2.08. The maximum Gasteiger partial charge on any atom is 1.00 e. The van der Waals surface area contributed by atoms with Gasteiger partial charge in [0.25, 0.3) is 0 Å². The second-order valence-corrected chi connectivity index (χ2v) is 2.60. The van der Waals surface area contributed by atoms with E-state index in [1.165, 1.54) is 0 Å². The Morgan fingerprint density at radius 1 is 1.23 bits per heavy atom. The van der Waals surface area contributed by atoms with Crippen molar-refractivity contribution in [2.45, 2.75) is 39.8 Å². The molecule has 0 bridgehead atoms. The first kappa shape index (κ1) is 23.9. The first-order valence-electron chi connectivity index (χ1n) is 3.46. The van der Waals surface area contributed by atoms with E-state index < -0.39 is 6.16 Å². The zero-order chi connectivity index (χ0) is 9.44. The van der Waals surface area contributed by atoms with Crippen molar-refractivity contribution in [3.05, 3.63) is 5.32 Å². The van der Waals surface area contributed by atoms with Crippen molar-refractivity contribution in [2.24, 2.45) is 0 Å². The van der Waals surface area contributed by atoms with Gasteiger partial charge < -0.3 is 20.3 Å². The molecule has 0 aromatic heterocycles. The molecule has 68 valence electrons. The molecule has 0 aromatic carbocycles. The first-order valence-corrected chi connectivity index (χ1v) is 3.46. The number of hydrogen-bond acceptors (Lipinski definition) is 2. The van der Waals surface area contributed by atoms with E-state index in [-0.39, 0.29) is 70.2 Å². The predicted octanol–water partition coefficient (Wildman–Crippen LogP) is -4.93. The second-order valence-electron chi connectivity index (χ2n) is 2.60. The zero-order valence-corrected chi connectivity index (χ0v) is 12.5. The summed E-state index contributed by atoms with van der Waals surface area (Å²) in [4.78, 5) is 8.44. The molecule has 0 amide bonds. The molecule has 0 aliphatic rings. The Hall–Kier alpha value is 1.46. The van der Waals surface area contributed by atoms with Gasteiger partial charge in [-0.05, 0) is 0 Å². The largest absolute Gasteiger partial charge is 1.00 e. The molecule has 13 heavy (non-hydrogen) atoms. The van der Waals surface area contributed by atoms with Crippen molar-refractivity contribution < 1.29 is 85.3 Å². The van der Waals surface area contributed by atoms with Crippen LogP contribution in [-0.2, 0) is 0 Å². The fraction of sp³-hybridized carbons (Fsp3) is 0.857. The van der Waals surface area contributed by atoms with E-state index in [4.69, 9.17) is 15.0 Å². The van der Waals surface area contributed by atoms with E-state index in [0.717, 1.165) is 0 Å². The molecular weight excluding hydrogens is 192 g/mol. The van der Waals surface area contributed by atoms with Gasteiger partial charge in [0, 0.05) is 0 Å². The summed E-state index contributed by atoms with van der Waals surface area (Å²) in [6.45, 7) is 8.39. The van der Waals surface area contributed by atoms with Gasteiger partial charge in [-0.25, -0.2) is 0 Å². The monoisotopic (exact) mass is 207 g/mol. The van der Waals surface area contributed by atoms with Crippen LogP contribution >= 0.6 is 0 Å². The van der Waals surface area contributed by atoms with E-state index in [1.54, 1.807) is 0 Å². The molecule has 0 saturated carbocycles. The molecule has 1 N–H and O–H groups in total. The summed E-state index contributed by atoms with van der Waals surface area (Å²) in [7, 11) is 0. The molecule has 0 saturated heterocycles. The molecule has 0 fully saturated rings. The summed E-state index contributed by atoms with van der Waals surface area (Å²) in [6.07, 6.45) is -2.08. The molecule has 0 radical (unpaired) electrons. The van der Waals surface area contributed by atoms with E-state index in [0.29, 0.717) is 12.1 Å². The summed E-state index contributed by atoms with van der Waals surface area (Å²) < 4.78 is 0. The van der Waals surface area contributed by atoms with Gasteiger partial charge in [-0.15, -0.1) is 12.1 Å². The third kappa shape index (κ3) is 59.3. The van der Waals surface area contributed by atoms with Crippen molar-refractivity contribution in [3.8, 4) is 0 Å². The molecular formula is C7H15KLiNO3. The Morgan fingerprint density at radius 2 is 1.38 bits per heavy atom. The van der Waals surface area contributed by atoms with E-state index >= 15 is 0 Å². The van der Waals surface area contributed by atoms with Crippen LogP contribution in [0.15, 0.2) is 0 Å². The molecule has 0 aliphatic carbocycles. The van der Waals surface area contributed by atoms with Crippen LogP contribution in [0.5, 0.6) is 0 Å². The Labute approximate surface area is 134 Å². The fourth-order valence-electron chi connectivity index (χ4n) is 0.596. The van der Waals surface area contributed by atoms with Gasteiger partial charge in [0.2, 0.25) is 6.16 Å². The maximum atomic E-state index is 8.44. The van der Waals surface area contributed by atoms with Gasteiger partial charge in [0.05, 0.1) is 0 Å². The van der Waals surface area contributed by atoms with Gasteiger partial charge in [-0.2, -0.15) is 0 Å². The first-order chi connectivity index (χ1) is 4.86. The summed E-state index contributed by atoms with van der Waals surface area (Å²) in [5.41, 5.74) is 0. The normalized spacial score (nSPS) is 7.85. The summed E-state index contributed by atoms with van der Waals surface area (Å²) in [6, 6.07) is 1.000. The molecule has 0 atom stereocenters. The van der Waals surface area contributed by atoms with Crippen LogP contribution in [-0.4, -0.2) is 23.3 Å². The summed E-state index contributed by atoms with van der Waals surface area (Å²) in [5, 5.41) is 19.6. The van der Waals surface area contributed by atoms with Gasteiger partial charge in [-0.1, -0.05) is 27.7 Å². The van der Waals surface area contributed by atoms with Crippen LogP contribution in [0.2, 0.25) is 0 Å². The second kappa shape index (κ2) is 15.9. The third-order valence-electron chi connectivity index (χ3n) is 0.596. The molecule has 0 aromatic rings. The van der Waals surface area contributed by atoms with Crippen molar-refractivity contribution in [1.82, 2.24) is 0 Å². The summed E-state index contributed by atoms with van der Waals surface area (Å²) >= 11 is 0. The number of carboxylic acid groups (broad SMARTS) is 2. The van der Waals surface area contributed by atoms with Crippen LogP contribution < -0.4 is 75.4 Å². The van der Waals surface area contributed by atoms with Crippen molar-refractivity contribution >= 4 is 6.16 Å². The minimum absolute atomic E-state index is 0. The Kier molecular flexibility index (Phi) is 29.3. The average Bonchev–Trinajstić information content (AvgIpc) is 1.56. The number of rotatable bonds is 2. The minimum Gasteiger partial charge on any atom is -0.658 e. The Morgan fingerprint density at radius 3 is 1.38 bits per heavy atom. The maximum absolute atomic E-state index is 8.44. The van der Waals surface area contributed by atoms with Gasteiger partial charge in [0.1, 0.15) is 0 Å². The fourth-order valence-corrected chi connectivity index (χ4v) is 0.596. The predicted molar refractivity (Wildman–Crippen MR) is 41.7 cm³/mol. The van der Waals surface area contributed by atoms with E-state index in [9.17, 15) is 0 Å². The van der Waals surface area contributed by atoms with Crippen molar-refractivity contribution in [2.75, 3.05) is 0 Å². The quantitative estimate of drug-likeness (QED) is 0.461. The molecule has 0 heterocycles. The molecule has 0 aliphatic heterocycles. The van der Waals surface area contributed by atoms with Crippen molar-refractivity contribution in [3.63, 3.8) is 0 Å². The van der Waals surface area contributed by atoms with Gasteiger partial charge in [0.15, 0.2) is 0 Å². The van der Waals surface area contributed by atoms with E-state index in [1.807, 2.05) is 0 Å². The van der Waals surface area contributed by atoms with Gasteiger partial charge in [-0.3, -0.25) is 0 Å². The third-order valence-corrected chi connectivity index (χ3v) is 0.596. The van der Waals surface area contributed by atoms with Crippen LogP contribution in [0.4, 0.5) is 4.79 Å². The van der Waals surface area contributed by atoms with Crippen LogP contribution in [0.3, 0.4) is 0 Å². The molecule has 4 nitrogen and oxygen atoms in total. The van der Waals surface area contributed by atoms with Crippen LogP contribution in [0.25, 0.3) is 5.32 Å². The smallest absolute Gasteiger partial charge is 0.658 e. The number of nitrogens with zero attached hydrogens (tertiary/aromatic N) is 1. The van der Waals surface area contributed by atoms with Gasteiger partial charge >= 0.3 is 70.2 Å². The molecule has 0 rings (SSSR count). The van der Waals surface area contributed by atoms with Crippen molar-refractivity contribution in [1.29, 1.82) is 0 Å². The number of carbonyl (C=O) groups is 1. The Balaban J connectivity index is -0.0000000600. The summed E-state index contributed by atoms with van der Waals surface area (Å²) in [5.74, 6) is 0. The van der Waals surface area contributed by atoms with Crippen LogP contribution in [0, 0.1) is 0 Å². The SMILES string of the molecule is CC(C)[N-]C(C)C.O=C([O-])O.[K+].[Li+]. The topological polar surface area (TPSA) is 74.5 Å². The Bertz CT molecular complexity index is 102. The zero-order valence-electron chi connectivity index (χ0n) is 9.37. The molecule has 0 spiro atoms. The molecule has 0 unspecified atom stereocenters. The van der Waals surface area contributed by atoms with Crippen LogP contribution in [0.1, 0.15) is 27.7 Å². The van der Waals surface area contributed by atoms with E-state index in [2.05, 4.69) is 33.0 Å². The standard InChI is InChI=1S/C6H14N.CH2O3.K.Li/c1-5(2)7-6(3)4;2-1(3)4;;/h5-6H,1-4H3;(H2,2,3,4);;/q-1;;2*+1/p-1. The number of hydrogen-bond donors (Lipinski definition) is 1.